The number of rotatable bonds is 3. The first-order chi connectivity index (χ1) is 7.16. The Morgan fingerprint density at radius 2 is 2.33 bits per heavy atom. The largest absolute Gasteiger partial charge is 0.307 e. The van der Waals surface area contributed by atoms with Crippen molar-refractivity contribution < 1.29 is 0 Å². The van der Waals surface area contributed by atoms with Gasteiger partial charge < -0.3 is 5.32 Å². The lowest BCUT2D eigenvalue weighted by Gasteiger charge is -2.18. The Bertz CT molecular complexity index is 323. The van der Waals surface area contributed by atoms with E-state index in [0.717, 1.165) is 12.0 Å². The van der Waals surface area contributed by atoms with E-state index in [2.05, 4.69) is 46.5 Å². The first-order valence-corrected chi connectivity index (χ1v) is 7.33. The molecule has 0 aromatic carbocycles. The van der Waals surface area contributed by atoms with Gasteiger partial charge in [-0.25, -0.2) is 0 Å². The maximum atomic E-state index is 3.73. The van der Waals surface area contributed by atoms with Gasteiger partial charge in [-0.15, -0.1) is 11.3 Å². The van der Waals surface area contributed by atoms with E-state index in [1.165, 1.54) is 28.6 Å². The number of hydrogen-bond acceptors (Lipinski definition) is 2. The van der Waals surface area contributed by atoms with Crippen molar-refractivity contribution >= 4 is 27.3 Å². The molecule has 0 amide bonds. The summed E-state index contributed by atoms with van der Waals surface area (Å²) < 4.78 is 1.25. The summed E-state index contributed by atoms with van der Waals surface area (Å²) in [7, 11) is 0. The Labute approximate surface area is 104 Å². The van der Waals surface area contributed by atoms with E-state index in [1.807, 2.05) is 11.3 Å². The first kappa shape index (κ1) is 11.6. The maximum Gasteiger partial charge on any atom is 0.0399 e. The second-order valence-electron chi connectivity index (χ2n) is 4.64. The number of nitrogens with one attached hydrogen (secondary N) is 1. The molecule has 84 valence electrons. The standard InChI is InChI=1S/C12H18BrNS/c1-8-3-4-10(7-8)14-9(2)12-11(13)5-6-15-12/h5-6,8-10,14H,3-4,7H2,1-2H3. The van der Waals surface area contributed by atoms with Gasteiger partial charge in [-0.2, -0.15) is 0 Å². The van der Waals surface area contributed by atoms with E-state index < -0.39 is 0 Å². The van der Waals surface area contributed by atoms with Crippen LogP contribution in [-0.2, 0) is 0 Å². The molecular weight excluding hydrogens is 270 g/mol. The van der Waals surface area contributed by atoms with Gasteiger partial charge in [-0.1, -0.05) is 6.92 Å². The van der Waals surface area contributed by atoms with Crippen molar-refractivity contribution in [2.24, 2.45) is 5.92 Å². The van der Waals surface area contributed by atoms with Crippen LogP contribution in [0.2, 0.25) is 0 Å². The fourth-order valence-corrected chi connectivity index (χ4v) is 4.14. The van der Waals surface area contributed by atoms with Crippen molar-refractivity contribution in [3.05, 3.63) is 20.8 Å². The Morgan fingerprint density at radius 1 is 1.53 bits per heavy atom. The zero-order chi connectivity index (χ0) is 10.8. The van der Waals surface area contributed by atoms with Crippen molar-refractivity contribution in [3.8, 4) is 0 Å². The molecule has 1 fully saturated rings. The van der Waals surface area contributed by atoms with Gasteiger partial charge in [0.1, 0.15) is 0 Å². The number of halogens is 1. The van der Waals surface area contributed by atoms with Crippen molar-refractivity contribution in [1.29, 1.82) is 0 Å². The molecular formula is C12H18BrNS. The summed E-state index contributed by atoms with van der Waals surface area (Å²) in [5, 5.41) is 5.88. The Hall–Kier alpha value is 0.140. The molecule has 3 heteroatoms. The molecule has 3 unspecified atom stereocenters. The maximum absolute atomic E-state index is 3.73. The molecule has 1 N–H and O–H groups in total. The second kappa shape index (κ2) is 4.98. The average molecular weight is 288 g/mol. The lowest BCUT2D eigenvalue weighted by atomic mass is 10.1. The summed E-state index contributed by atoms with van der Waals surface area (Å²) in [5.41, 5.74) is 0. The third kappa shape index (κ3) is 2.83. The van der Waals surface area contributed by atoms with E-state index in [4.69, 9.17) is 0 Å². The van der Waals surface area contributed by atoms with E-state index >= 15 is 0 Å². The van der Waals surface area contributed by atoms with E-state index in [-0.39, 0.29) is 0 Å². The molecule has 15 heavy (non-hydrogen) atoms. The predicted molar refractivity (Wildman–Crippen MR) is 70.4 cm³/mol. The van der Waals surface area contributed by atoms with E-state index in [1.54, 1.807) is 0 Å². The second-order valence-corrected chi connectivity index (χ2v) is 6.44. The zero-order valence-corrected chi connectivity index (χ0v) is 11.7. The molecule has 0 spiro atoms. The molecule has 0 aliphatic heterocycles. The fourth-order valence-electron chi connectivity index (χ4n) is 2.40. The van der Waals surface area contributed by atoms with Gasteiger partial charge in [0.15, 0.2) is 0 Å². The molecule has 1 nitrogen and oxygen atoms in total. The van der Waals surface area contributed by atoms with Crippen LogP contribution in [-0.4, -0.2) is 6.04 Å². The van der Waals surface area contributed by atoms with Crippen LogP contribution >= 0.6 is 27.3 Å². The fraction of sp³-hybridized carbons (Fsp3) is 0.667. The predicted octanol–water partition coefficient (Wildman–Crippen LogP) is 4.35. The summed E-state index contributed by atoms with van der Waals surface area (Å²) in [5.74, 6) is 0.904. The molecule has 1 aliphatic carbocycles. The van der Waals surface area contributed by atoms with Gasteiger partial charge in [0, 0.05) is 21.4 Å². The first-order valence-electron chi connectivity index (χ1n) is 5.65. The van der Waals surface area contributed by atoms with E-state index in [0.29, 0.717) is 6.04 Å². The topological polar surface area (TPSA) is 12.0 Å². The van der Waals surface area contributed by atoms with Gasteiger partial charge in [-0.3, -0.25) is 0 Å². The van der Waals surface area contributed by atoms with Crippen LogP contribution in [0.4, 0.5) is 0 Å². The van der Waals surface area contributed by atoms with Crippen LogP contribution in [0.3, 0.4) is 0 Å². The van der Waals surface area contributed by atoms with Crippen LogP contribution in [0.5, 0.6) is 0 Å². The number of thiophene rings is 1. The molecule has 2 rings (SSSR count). The van der Waals surface area contributed by atoms with Crippen LogP contribution in [0.25, 0.3) is 0 Å². The highest BCUT2D eigenvalue weighted by Crippen LogP contribution is 2.31. The quantitative estimate of drug-likeness (QED) is 0.872. The summed E-state index contributed by atoms with van der Waals surface area (Å²) in [4.78, 5) is 1.43. The van der Waals surface area contributed by atoms with Crippen molar-refractivity contribution in [2.45, 2.75) is 45.2 Å². The minimum atomic E-state index is 0.481. The van der Waals surface area contributed by atoms with Gasteiger partial charge in [0.05, 0.1) is 0 Å². The van der Waals surface area contributed by atoms with Gasteiger partial charge in [0.2, 0.25) is 0 Å². The molecule has 1 aliphatic rings. The SMILES string of the molecule is CC1CCC(NC(C)c2sccc2Br)C1. The summed E-state index contributed by atoms with van der Waals surface area (Å²) in [6.07, 6.45) is 4.07. The van der Waals surface area contributed by atoms with Crippen LogP contribution < -0.4 is 5.32 Å². The molecule has 0 bridgehead atoms. The number of hydrogen-bond donors (Lipinski definition) is 1. The average Bonchev–Trinajstić information content (AvgIpc) is 2.75. The van der Waals surface area contributed by atoms with Gasteiger partial charge in [0.25, 0.3) is 0 Å². The lowest BCUT2D eigenvalue weighted by molar-refractivity contribution is 0.452. The normalized spacial score (nSPS) is 28.2. The van der Waals surface area contributed by atoms with E-state index in [9.17, 15) is 0 Å². The summed E-state index contributed by atoms with van der Waals surface area (Å²) in [6, 6.07) is 3.34. The summed E-state index contributed by atoms with van der Waals surface area (Å²) >= 11 is 5.43. The minimum Gasteiger partial charge on any atom is -0.307 e. The van der Waals surface area contributed by atoms with Gasteiger partial charge >= 0.3 is 0 Å². The van der Waals surface area contributed by atoms with Crippen molar-refractivity contribution in [3.63, 3.8) is 0 Å². The molecule has 0 saturated heterocycles. The molecule has 0 radical (unpaired) electrons. The Morgan fingerprint density at radius 3 is 2.87 bits per heavy atom. The van der Waals surface area contributed by atoms with Crippen LogP contribution in [0.15, 0.2) is 15.9 Å². The molecule has 1 saturated carbocycles. The molecule has 1 heterocycles. The smallest absolute Gasteiger partial charge is 0.0399 e. The van der Waals surface area contributed by atoms with Gasteiger partial charge in [-0.05, 0) is 59.5 Å². The monoisotopic (exact) mass is 287 g/mol. The van der Waals surface area contributed by atoms with Crippen molar-refractivity contribution in [1.82, 2.24) is 5.32 Å². The van der Waals surface area contributed by atoms with Crippen molar-refractivity contribution in [2.75, 3.05) is 0 Å². The highest BCUT2D eigenvalue weighted by Gasteiger charge is 2.23. The molecule has 3 atom stereocenters. The summed E-state index contributed by atoms with van der Waals surface area (Å²) in [6.45, 7) is 4.62. The highest BCUT2D eigenvalue weighted by molar-refractivity contribution is 9.10. The lowest BCUT2D eigenvalue weighted by Crippen LogP contribution is -2.28. The highest BCUT2D eigenvalue weighted by atomic mass is 79.9. The Kier molecular flexibility index (Phi) is 3.86. The molecule has 1 aromatic rings. The molecule has 1 aromatic heterocycles. The van der Waals surface area contributed by atoms with Crippen LogP contribution in [0.1, 0.15) is 44.0 Å². The zero-order valence-electron chi connectivity index (χ0n) is 9.29. The third-order valence-corrected chi connectivity index (χ3v) is 5.27. The third-order valence-electron chi connectivity index (χ3n) is 3.22. The van der Waals surface area contributed by atoms with Crippen LogP contribution in [0, 0.1) is 5.92 Å². The minimum absolute atomic E-state index is 0.481. The Balaban J connectivity index is 1.92.